The van der Waals surface area contributed by atoms with Crippen molar-refractivity contribution >= 4 is 32.9 Å². The van der Waals surface area contributed by atoms with Crippen LogP contribution in [0.15, 0.2) is 97.1 Å². The highest BCUT2D eigenvalue weighted by Gasteiger charge is 2.19. The largest absolute Gasteiger partial charge is 0.298 e. The highest BCUT2D eigenvalue weighted by molar-refractivity contribution is 6.21. The molecule has 0 unspecified atom stereocenters. The summed E-state index contributed by atoms with van der Waals surface area (Å²) in [7, 11) is 13.2. The van der Waals surface area contributed by atoms with Gasteiger partial charge in [0.2, 0.25) is 0 Å². The van der Waals surface area contributed by atoms with Crippen molar-refractivity contribution in [1.82, 2.24) is 8.97 Å². The van der Waals surface area contributed by atoms with Crippen LogP contribution in [0.25, 0.3) is 43.8 Å². The maximum atomic E-state index is 2.28. The molecule has 0 heterocycles. The average Bonchev–Trinajstić information content (AvgIpc) is 2.81. The molecule has 2 heteroatoms. The molecule has 0 saturated carbocycles. The van der Waals surface area contributed by atoms with Crippen molar-refractivity contribution in [2.45, 2.75) is 0 Å². The predicted octanol–water partition coefficient (Wildman–Crippen LogP) is 7.72. The first-order valence-corrected chi connectivity index (χ1v) is 11.9. The summed E-state index contributed by atoms with van der Waals surface area (Å²) >= 11 is 0. The number of hydrogen-bond acceptors (Lipinski definition) is 0. The number of nitrogens with zero attached hydrogens (tertiary/aromatic N) is 2. The maximum absolute atomic E-state index is 2.28. The molecule has 0 saturated heterocycles. The lowest BCUT2D eigenvalue weighted by Crippen LogP contribution is -2.34. The van der Waals surface area contributed by atoms with E-state index in [1.54, 1.807) is 0 Å². The van der Waals surface area contributed by atoms with Crippen LogP contribution in [0.1, 0.15) is 0 Å². The van der Waals surface area contributed by atoms with Gasteiger partial charge in [-0.3, -0.25) is 8.97 Å². The number of fused-ring (bicyclic) bond motifs is 2. The van der Waals surface area contributed by atoms with E-state index < -0.39 is 0 Å². The van der Waals surface area contributed by atoms with E-state index in [2.05, 4.69) is 139 Å². The van der Waals surface area contributed by atoms with Crippen molar-refractivity contribution in [3.05, 3.63) is 97.1 Å². The molecule has 5 rings (SSSR count). The van der Waals surface area contributed by atoms with Gasteiger partial charge in [-0.1, -0.05) is 48.5 Å². The minimum absolute atomic E-state index is 0.810. The van der Waals surface area contributed by atoms with Crippen LogP contribution >= 0.6 is 0 Å². The van der Waals surface area contributed by atoms with Crippen LogP contribution in [-0.4, -0.2) is 42.3 Å². The molecule has 0 radical (unpaired) electrons. The van der Waals surface area contributed by atoms with Gasteiger partial charge in [0.15, 0.2) is 0 Å². The minimum Gasteiger partial charge on any atom is -0.298 e. The SMILES string of the molecule is C[N+](C)(C)c1ccc(-c2c3ccccc3c(-c3ccc([N+](C)(C)C)cc3)c3ccccc23)cc1. The van der Waals surface area contributed by atoms with Crippen molar-refractivity contribution in [1.29, 1.82) is 0 Å². The van der Waals surface area contributed by atoms with Gasteiger partial charge in [-0.2, -0.15) is 0 Å². The molecule has 2 nitrogen and oxygen atoms in total. The summed E-state index contributed by atoms with van der Waals surface area (Å²) in [5, 5.41) is 5.18. The summed E-state index contributed by atoms with van der Waals surface area (Å²) in [4.78, 5) is 0. The summed E-state index contributed by atoms with van der Waals surface area (Å²) in [6.07, 6.45) is 0. The van der Waals surface area contributed by atoms with Crippen LogP contribution in [0.5, 0.6) is 0 Å². The molecule has 0 spiro atoms. The Bertz CT molecular complexity index is 1310. The summed E-state index contributed by atoms with van der Waals surface area (Å²) in [5.41, 5.74) is 7.74. The maximum Gasteiger partial charge on any atom is 0.132 e. The van der Waals surface area contributed by atoms with Gasteiger partial charge in [0.05, 0.1) is 42.3 Å². The topological polar surface area (TPSA) is 0 Å². The third-order valence-corrected chi connectivity index (χ3v) is 6.79. The fraction of sp³-hybridized carbons (Fsp3) is 0.188. The van der Waals surface area contributed by atoms with E-state index in [9.17, 15) is 0 Å². The van der Waals surface area contributed by atoms with E-state index in [1.807, 2.05) is 0 Å². The van der Waals surface area contributed by atoms with Gasteiger partial charge in [-0.05, 0) is 92.3 Å². The molecule has 0 bridgehead atoms. The quantitative estimate of drug-likeness (QED) is 0.196. The molecule has 0 aliphatic carbocycles. The zero-order valence-corrected chi connectivity index (χ0v) is 21.1. The van der Waals surface area contributed by atoms with E-state index in [0.29, 0.717) is 0 Å². The zero-order valence-electron chi connectivity index (χ0n) is 21.1. The van der Waals surface area contributed by atoms with Crippen LogP contribution in [-0.2, 0) is 0 Å². The first kappa shape index (κ1) is 22.3. The molecule has 0 aliphatic heterocycles. The van der Waals surface area contributed by atoms with Gasteiger partial charge in [0, 0.05) is 0 Å². The summed E-state index contributed by atoms with van der Waals surface area (Å²) < 4.78 is 1.62. The summed E-state index contributed by atoms with van der Waals surface area (Å²) in [6.45, 7) is 0. The molecule has 34 heavy (non-hydrogen) atoms. The Hall–Kier alpha value is -3.46. The van der Waals surface area contributed by atoms with E-state index in [0.717, 1.165) is 8.97 Å². The lowest BCUT2D eigenvalue weighted by atomic mass is 9.86. The molecule has 5 aromatic rings. The second-order valence-electron chi connectivity index (χ2n) is 11.0. The van der Waals surface area contributed by atoms with Crippen LogP contribution in [0.2, 0.25) is 0 Å². The van der Waals surface area contributed by atoms with E-state index in [1.165, 1.54) is 55.2 Å². The molecule has 0 atom stereocenters. The lowest BCUT2D eigenvalue weighted by molar-refractivity contribution is 0.486. The average molecular weight is 447 g/mol. The molecule has 0 fully saturated rings. The fourth-order valence-electron chi connectivity index (χ4n) is 4.90. The zero-order chi connectivity index (χ0) is 24.1. The third-order valence-electron chi connectivity index (χ3n) is 6.79. The Morgan fingerprint density at radius 2 is 0.618 bits per heavy atom. The summed E-state index contributed by atoms with van der Waals surface area (Å²) in [6, 6.07) is 35.9. The first-order chi connectivity index (χ1) is 16.1. The highest BCUT2D eigenvalue weighted by Crippen LogP contribution is 2.44. The van der Waals surface area contributed by atoms with Crippen molar-refractivity contribution < 1.29 is 0 Å². The smallest absolute Gasteiger partial charge is 0.132 e. The van der Waals surface area contributed by atoms with Gasteiger partial charge in [0.25, 0.3) is 0 Å². The lowest BCUT2D eigenvalue weighted by Gasteiger charge is -2.24. The van der Waals surface area contributed by atoms with Crippen molar-refractivity contribution in [3.8, 4) is 22.3 Å². The Morgan fingerprint density at radius 1 is 0.353 bits per heavy atom. The summed E-state index contributed by atoms with van der Waals surface area (Å²) in [5.74, 6) is 0. The molecular weight excluding hydrogens is 412 g/mol. The number of rotatable bonds is 4. The van der Waals surface area contributed by atoms with Crippen molar-refractivity contribution in [2.24, 2.45) is 0 Å². The van der Waals surface area contributed by atoms with Gasteiger partial charge in [-0.15, -0.1) is 0 Å². The fourth-order valence-corrected chi connectivity index (χ4v) is 4.90. The Kier molecular flexibility index (Phi) is 5.31. The number of quaternary nitrogens is 2. The van der Waals surface area contributed by atoms with Crippen LogP contribution < -0.4 is 8.97 Å². The molecular formula is C32H34N2+2. The van der Waals surface area contributed by atoms with E-state index in [4.69, 9.17) is 0 Å². The molecule has 170 valence electrons. The van der Waals surface area contributed by atoms with E-state index in [-0.39, 0.29) is 0 Å². The van der Waals surface area contributed by atoms with E-state index >= 15 is 0 Å². The number of benzene rings is 5. The predicted molar refractivity (Wildman–Crippen MR) is 151 cm³/mol. The Balaban J connectivity index is 1.81. The monoisotopic (exact) mass is 446 g/mol. The van der Waals surface area contributed by atoms with Gasteiger partial charge in [0.1, 0.15) is 11.4 Å². The molecule has 0 aromatic heterocycles. The third kappa shape index (κ3) is 3.90. The second-order valence-corrected chi connectivity index (χ2v) is 11.0. The molecule has 0 amide bonds. The number of hydrogen-bond donors (Lipinski definition) is 0. The van der Waals surface area contributed by atoms with Crippen LogP contribution in [0.4, 0.5) is 11.4 Å². The van der Waals surface area contributed by atoms with Gasteiger partial charge < -0.3 is 0 Å². The Morgan fingerprint density at radius 3 is 0.853 bits per heavy atom. The highest BCUT2D eigenvalue weighted by atomic mass is 15.3. The normalized spacial score (nSPS) is 12.4. The molecule has 0 N–H and O–H groups in total. The molecule has 5 aromatic carbocycles. The Labute approximate surface area is 203 Å². The second kappa shape index (κ2) is 8.09. The molecule has 0 aliphatic rings. The van der Waals surface area contributed by atoms with Crippen LogP contribution in [0, 0.1) is 0 Å². The van der Waals surface area contributed by atoms with Crippen LogP contribution in [0.3, 0.4) is 0 Å². The van der Waals surface area contributed by atoms with Crippen molar-refractivity contribution in [2.75, 3.05) is 42.3 Å². The van der Waals surface area contributed by atoms with Gasteiger partial charge in [-0.25, -0.2) is 0 Å². The standard InChI is InChI=1S/C32H34N2/c1-33(2,3)25-19-15-23(16-20-25)31-27-11-7-9-13-29(27)32(30-14-10-8-12-28(30)31)24-17-21-26(22-18-24)34(4,5)6/h7-22H,1-6H3/q+2. The minimum atomic E-state index is 0.810. The van der Waals surface area contributed by atoms with Crippen molar-refractivity contribution in [3.63, 3.8) is 0 Å². The van der Waals surface area contributed by atoms with Gasteiger partial charge >= 0.3 is 0 Å². The first-order valence-electron chi connectivity index (χ1n) is 11.9.